The van der Waals surface area contributed by atoms with Crippen LogP contribution in [0, 0.1) is 5.41 Å². The number of carbonyl (C=O) groups is 2. The lowest BCUT2D eigenvalue weighted by atomic mass is 9.90. The molecule has 0 aromatic carbocycles. The molecule has 114 valence electrons. The van der Waals surface area contributed by atoms with Gasteiger partial charge < -0.3 is 15.3 Å². The van der Waals surface area contributed by atoms with Crippen LogP contribution < -0.4 is 5.32 Å². The molecule has 0 bridgehead atoms. The van der Waals surface area contributed by atoms with Crippen LogP contribution in [0.15, 0.2) is 0 Å². The minimum Gasteiger partial charge on any atom is -0.481 e. The molecule has 1 saturated heterocycles. The Balaban J connectivity index is 1.83. The highest BCUT2D eigenvalue weighted by Crippen LogP contribution is 2.34. The van der Waals surface area contributed by atoms with E-state index < -0.39 is 17.3 Å². The van der Waals surface area contributed by atoms with Crippen molar-refractivity contribution < 1.29 is 23.5 Å². The van der Waals surface area contributed by atoms with Crippen LogP contribution in [0.1, 0.15) is 39.0 Å². The van der Waals surface area contributed by atoms with Gasteiger partial charge in [0.25, 0.3) is 0 Å². The maximum absolute atomic E-state index is 13.0. The molecule has 2 fully saturated rings. The number of amides is 2. The Morgan fingerprint density at radius 2 is 1.85 bits per heavy atom. The first-order valence-corrected chi connectivity index (χ1v) is 6.89. The van der Waals surface area contributed by atoms with E-state index in [9.17, 15) is 18.4 Å². The summed E-state index contributed by atoms with van der Waals surface area (Å²) >= 11 is 0. The third-order valence-corrected chi connectivity index (χ3v) is 4.32. The zero-order chi connectivity index (χ0) is 15.0. The van der Waals surface area contributed by atoms with Crippen molar-refractivity contribution in [1.82, 2.24) is 10.2 Å². The summed E-state index contributed by atoms with van der Waals surface area (Å²) in [5.74, 6) is -3.53. The number of carbonyl (C=O) groups excluding carboxylic acids is 1. The van der Waals surface area contributed by atoms with Crippen LogP contribution in [-0.2, 0) is 4.79 Å². The number of likely N-dealkylation sites (tertiary alicyclic amines) is 1. The monoisotopic (exact) mass is 290 g/mol. The van der Waals surface area contributed by atoms with E-state index in [0.717, 1.165) is 0 Å². The van der Waals surface area contributed by atoms with Crippen molar-refractivity contribution >= 4 is 12.0 Å². The highest BCUT2D eigenvalue weighted by molar-refractivity contribution is 5.79. The summed E-state index contributed by atoms with van der Waals surface area (Å²) in [5.41, 5.74) is -0.906. The van der Waals surface area contributed by atoms with E-state index in [1.165, 1.54) is 4.90 Å². The van der Waals surface area contributed by atoms with Crippen LogP contribution in [0.3, 0.4) is 0 Å². The van der Waals surface area contributed by atoms with Crippen molar-refractivity contribution in [2.45, 2.75) is 51.0 Å². The topological polar surface area (TPSA) is 69.6 Å². The van der Waals surface area contributed by atoms with Gasteiger partial charge in [-0.2, -0.15) is 0 Å². The lowest BCUT2D eigenvalue weighted by molar-refractivity contribution is -0.147. The quantitative estimate of drug-likeness (QED) is 0.818. The van der Waals surface area contributed by atoms with Crippen molar-refractivity contribution in [3.05, 3.63) is 0 Å². The van der Waals surface area contributed by atoms with Gasteiger partial charge in [0.2, 0.25) is 5.92 Å². The van der Waals surface area contributed by atoms with Crippen molar-refractivity contribution in [3.63, 3.8) is 0 Å². The predicted octanol–water partition coefficient (Wildman–Crippen LogP) is 2.07. The predicted molar refractivity (Wildman–Crippen MR) is 67.7 cm³/mol. The van der Waals surface area contributed by atoms with Gasteiger partial charge in [0.15, 0.2) is 0 Å². The molecule has 2 rings (SSSR count). The largest absolute Gasteiger partial charge is 0.481 e. The molecular formula is C13H20F2N2O3. The third-order valence-electron chi connectivity index (χ3n) is 4.32. The van der Waals surface area contributed by atoms with Gasteiger partial charge in [-0.25, -0.2) is 13.6 Å². The van der Waals surface area contributed by atoms with Crippen LogP contribution in [0.5, 0.6) is 0 Å². The highest BCUT2D eigenvalue weighted by atomic mass is 19.3. The molecule has 0 radical (unpaired) electrons. The summed E-state index contributed by atoms with van der Waals surface area (Å²) < 4.78 is 26.0. The third kappa shape index (κ3) is 3.19. The van der Waals surface area contributed by atoms with Gasteiger partial charge in [-0.3, -0.25) is 4.79 Å². The SMILES string of the molecule is CC1(C(=O)O)CCN(C(=O)NC2CCC(F)(F)CC2)C1. The maximum Gasteiger partial charge on any atom is 0.317 e. The molecule has 2 amide bonds. The number of alkyl halides is 2. The first-order valence-electron chi connectivity index (χ1n) is 6.89. The molecule has 1 atom stereocenters. The highest BCUT2D eigenvalue weighted by Gasteiger charge is 2.43. The van der Waals surface area contributed by atoms with Crippen LogP contribution in [0.2, 0.25) is 0 Å². The van der Waals surface area contributed by atoms with Gasteiger partial charge in [-0.05, 0) is 26.2 Å². The van der Waals surface area contributed by atoms with Gasteiger partial charge in [0.1, 0.15) is 0 Å². The van der Waals surface area contributed by atoms with Crippen molar-refractivity contribution in [3.8, 4) is 0 Å². The van der Waals surface area contributed by atoms with Crippen LogP contribution in [0.4, 0.5) is 13.6 Å². The molecule has 0 aromatic heterocycles. The number of urea groups is 1. The van der Waals surface area contributed by atoms with Gasteiger partial charge in [0.05, 0.1) is 5.41 Å². The van der Waals surface area contributed by atoms with E-state index in [2.05, 4.69) is 5.32 Å². The van der Waals surface area contributed by atoms with Crippen molar-refractivity contribution in [2.24, 2.45) is 5.41 Å². The average Bonchev–Trinajstić information content (AvgIpc) is 2.76. The second-order valence-corrected chi connectivity index (χ2v) is 6.12. The molecule has 1 aliphatic carbocycles. The molecule has 1 saturated carbocycles. The molecule has 7 heteroatoms. The summed E-state index contributed by atoms with van der Waals surface area (Å²) in [7, 11) is 0. The number of hydrogen-bond acceptors (Lipinski definition) is 2. The van der Waals surface area contributed by atoms with Crippen molar-refractivity contribution in [2.75, 3.05) is 13.1 Å². The molecule has 1 unspecified atom stereocenters. The molecule has 1 aliphatic heterocycles. The van der Waals surface area contributed by atoms with Crippen molar-refractivity contribution in [1.29, 1.82) is 0 Å². The summed E-state index contributed by atoms with van der Waals surface area (Å²) in [4.78, 5) is 24.6. The molecule has 1 heterocycles. The number of carboxylic acid groups (broad SMARTS) is 1. The fourth-order valence-electron chi connectivity index (χ4n) is 2.76. The smallest absolute Gasteiger partial charge is 0.317 e. The van der Waals surface area contributed by atoms with E-state index in [-0.39, 0.29) is 44.3 Å². The molecular weight excluding hydrogens is 270 g/mol. The van der Waals surface area contributed by atoms with Crippen LogP contribution in [0.25, 0.3) is 0 Å². The van der Waals surface area contributed by atoms with Crippen LogP contribution in [-0.4, -0.2) is 47.1 Å². The Morgan fingerprint density at radius 1 is 1.25 bits per heavy atom. The number of hydrogen-bond donors (Lipinski definition) is 2. The Labute approximate surface area is 116 Å². The van der Waals surface area contributed by atoms with Gasteiger partial charge in [-0.1, -0.05) is 0 Å². The van der Waals surface area contributed by atoms with E-state index in [1.54, 1.807) is 6.92 Å². The molecule has 2 N–H and O–H groups in total. The van der Waals surface area contributed by atoms with Gasteiger partial charge in [0, 0.05) is 32.0 Å². The standard InChI is InChI=1S/C13H20F2N2O3/c1-12(10(18)19)6-7-17(8-12)11(20)16-9-2-4-13(14,15)5-3-9/h9H,2-8H2,1H3,(H,16,20)(H,18,19). The summed E-state index contributed by atoms with van der Waals surface area (Å²) in [6, 6.07) is -0.580. The lowest BCUT2D eigenvalue weighted by Gasteiger charge is -2.30. The normalized spacial score (nSPS) is 30.2. The minimum atomic E-state index is -2.61. The Bertz CT molecular complexity index is 406. The first-order chi connectivity index (χ1) is 9.22. The fourth-order valence-corrected chi connectivity index (χ4v) is 2.76. The average molecular weight is 290 g/mol. The lowest BCUT2D eigenvalue weighted by Crippen LogP contribution is -2.47. The summed E-state index contributed by atoms with van der Waals surface area (Å²) in [6.45, 7) is 2.17. The number of rotatable bonds is 2. The van der Waals surface area contributed by atoms with Gasteiger partial charge in [-0.15, -0.1) is 0 Å². The molecule has 2 aliphatic rings. The zero-order valence-corrected chi connectivity index (χ0v) is 11.5. The number of aliphatic carboxylic acids is 1. The Hall–Kier alpha value is -1.40. The molecule has 0 aromatic rings. The number of nitrogens with zero attached hydrogens (tertiary/aromatic N) is 1. The zero-order valence-electron chi connectivity index (χ0n) is 11.5. The van der Waals surface area contributed by atoms with E-state index >= 15 is 0 Å². The number of halogens is 2. The molecule has 0 spiro atoms. The summed E-state index contributed by atoms with van der Waals surface area (Å²) in [5, 5.41) is 11.8. The minimum absolute atomic E-state index is 0.164. The van der Waals surface area contributed by atoms with Crippen LogP contribution >= 0.6 is 0 Å². The molecule has 5 nitrogen and oxygen atoms in total. The summed E-state index contributed by atoms with van der Waals surface area (Å²) in [6.07, 6.45) is 0.541. The van der Waals surface area contributed by atoms with Gasteiger partial charge >= 0.3 is 12.0 Å². The van der Waals surface area contributed by atoms with E-state index in [4.69, 9.17) is 5.11 Å². The van der Waals surface area contributed by atoms with E-state index in [0.29, 0.717) is 13.0 Å². The molecule has 20 heavy (non-hydrogen) atoms. The number of carboxylic acids is 1. The Kier molecular flexibility index (Phi) is 3.88. The fraction of sp³-hybridized carbons (Fsp3) is 0.846. The second-order valence-electron chi connectivity index (χ2n) is 6.12. The second kappa shape index (κ2) is 5.18. The first kappa shape index (κ1) is 15.0. The maximum atomic E-state index is 13.0. The Morgan fingerprint density at radius 3 is 2.35 bits per heavy atom. The van der Waals surface area contributed by atoms with E-state index in [1.807, 2.05) is 0 Å². The number of nitrogens with one attached hydrogen (secondary N) is 1.